The predicted molar refractivity (Wildman–Crippen MR) is 15.1 cm³/mol. The fourth-order valence-electron chi connectivity index (χ4n) is 0. The van der Waals surface area contributed by atoms with E-state index in [0.717, 1.165) is 6.66 Å². The van der Waals surface area contributed by atoms with Crippen LogP contribution in [0.15, 0.2) is 0 Å². The van der Waals surface area contributed by atoms with Gasteiger partial charge in [-0.05, 0) is 0 Å². The molecule has 0 aromatic rings. The van der Waals surface area contributed by atoms with Gasteiger partial charge in [0.05, 0.1) is 0 Å². The van der Waals surface area contributed by atoms with Gasteiger partial charge in [-0.2, -0.15) is 8.39 Å². The second-order valence-corrected chi connectivity index (χ2v) is 1.21. The minimum atomic E-state index is -2.62. The van der Waals surface area contributed by atoms with E-state index >= 15 is 0 Å². The molecule has 0 amide bonds. The van der Waals surface area contributed by atoms with Gasteiger partial charge in [-0.15, -0.1) is 0 Å². The van der Waals surface area contributed by atoms with E-state index in [4.69, 9.17) is 0 Å². The summed E-state index contributed by atoms with van der Waals surface area (Å²) in [6, 6.07) is 0. The van der Waals surface area contributed by atoms with Crippen LogP contribution in [0.3, 0.4) is 0 Å². The maximum Gasteiger partial charge on any atom is 0.263 e. The standard InChI is InChI=1S/CH3F2P/c1-4(2)3/h1H3. The third-order valence-corrected chi connectivity index (χ3v) is 0. The molecule has 0 atom stereocenters. The lowest BCUT2D eigenvalue weighted by Crippen LogP contribution is -1.26. The molecule has 0 aliphatic carbocycles. The van der Waals surface area contributed by atoms with Gasteiger partial charge in [0.2, 0.25) is 0 Å². The van der Waals surface area contributed by atoms with E-state index in [1.807, 2.05) is 0 Å². The molecule has 0 saturated carbocycles. The van der Waals surface area contributed by atoms with Crippen molar-refractivity contribution in [1.29, 1.82) is 0 Å². The third-order valence-electron chi connectivity index (χ3n) is 0. The summed E-state index contributed by atoms with van der Waals surface area (Å²) in [6.45, 7) is 0.898. The lowest BCUT2D eigenvalue weighted by molar-refractivity contribution is 0.756. The Bertz CT molecular complexity index is 10.8. The normalized spacial score (nSPS) is 9.00. The Hall–Kier alpha value is 0.290. The molecule has 0 saturated heterocycles. The van der Waals surface area contributed by atoms with Crippen molar-refractivity contribution in [1.82, 2.24) is 0 Å². The molecule has 0 aliphatic rings. The van der Waals surface area contributed by atoms with Crippen molar-refractivity contribution >= 4 is 8.54 Å². The summed E-state index contributed by atoms with van der Waals surface area (Å²) in [5.41, 5.74) is 0. The van der Waals surface area contributed by atoms with Crippen molar-refractivity contribution in [3.8, 4) is 0 Å². The number of hydrogen-bond acceptors (Lipinski definition) is 0. The van der Waals surface area contributed by atoms with E-state index < -0.39 is 8.54 Å². The van der Waals surface area contributed by atoms with Crippen LogP contribution in [-0.4, -0.2) is 6.66 Å². The van der Waals surface area contributed by atoms with Crippen molar-refractivity contribution in [3.05, 3.63) is 0 Å². The average molecular weight is 84.0 g/mol. The van der Waals surface area contributed by atoms with E-state index in [1.54, 1.807) is 0 Å². The molecule has 0 fully saturated rings. The van der Waals surface area contributed by atoms with E-state index in [0.29, 0.717) is 0 Å². The van der Waals surface area contributed by atoms with Crippen LogP contribution in [0.4, 0.5) is 8.39 Å². The van der Waals surface area contributed by atoms with Crippen LogP contribution in [0, 0.1) is 0 Å². The predicted octanol–water partition coefficient (Wildman–Crippen LogP) is 1.87. The molecule has 0 heterocycles. The van der Waals surface area contributed by atoms with Crippen LogP contribution >= 0.6 is 8.54 Å². The first kappa shape index (κ1) is 4.29. The molecule has 0 rings (SSSR count). The van der Waals surface area contributed by atoms with Gasteiger partial charge in [0.1, 0.15) is 0 Å². The van der Waals surface area contributed by atoms with Gasteiger partial charge >= 0.3 is 0 Å². The van der Waals surface area contributed by atoms with Gasteiger partial charge in [-0.1, -0.05) is 0 Å². The minimum absolute atomic E-state index is 0.898. The Morgan fingerprint density at radius 3 is 1.50 bits per heavy atom. The molecular formula is CH3F2P. The van der Waals surface area contributed by atoms with Crippen molar-refractivity contribution in [2.24, 2.45) is 0 Å². The van der Waals surface area contributed by atoms with Gasteiger partial charge in [0.25, 0.3) is 8.54 Å². The summed E-state index contributed by atoms with van der Waals surface area (Å²) in [5.74, 6) is 0. The Kier molecular flexibility index (Phi) is 1.71. The monoisotopic (exact) mass is 84.0 g/mol. The Morgan fingerprint density at radius 2 is 1.50 bits per heavy atom. The first-order chi connectivity index (χ1) is 1.73. The summed E-state index contributed by atoms with van der Waals surface area (Å²) in [7, 11) is -2.62. The van der Waals surface area contributed by atoms with Crippen LogP contribution in [-0.2, 0) is 0 Å². The maximum absolute atomic E-state index is 10.4. The lowest BCUT2D eigenvalue weighted by atomic mass is 12.0. The Morgan fingerprint density at radius 1 is 1.50 bits per heavy atom. The number of rotatable bonds is 0. The van der Waals surface area contributed by atoms with Crippen LogP contribution < -0.4 is 0 Å². The van der Waals surface area contributed by atoms with Gasteiger partial charge in [0, 0.05) is 6.66 Å². The summed E-state index contributed by atoms with van der Waals surface area (Å²) in [5, 5.41) is 0. The molecule has 3 heteroatoms. The van der Waals surface area contributed by atoms with E-state index in [9.17, 15) is 8.39 Å². The van der Waals surface area contributed by atoms with E-state index in [-0.39, 0.29) is 0 Å². The van der Waals surface area contributed by atoms with Crippen LogP contribution in [0.5, 0.6) is 0 Å². The molecule has 0 N–H and O–H groups in total. The first-order valence-electron chi connectivity index (χ1n) is 0.785. The summed E-state index contributed by atoms with van der Waals surface area (Å²) in [6.07, 6.45) is 0. The number of hydrogen-bond donors (Lipinski definition) is 0. The van der Waals surface area contributed by atoms with Crippen LogP contribution in [0.25, 0.3) is 0 Å². The highest BCUT2D eigenvalue weighted by molar-refractivity contribution is 7.45. The van der Waals surface area contributed by atoms with Crippen molar-refractivity contribution in [3.63, 3.8) is 0 Å². The molecule has 0 radical (unpaired) electrons. The van der Waals surface area contributed by atoms with Crippen LogP contribution in [0.1, 0.15) is 0 Å². The molecule has 0 aromatic carbocycles. The van der Waals surface area contributed by atoms with Gasteiger partial charge < -0.3 is 0 Å². The highest BCUT2D eigenvalue weighted by Crippen LogP contribution is 2.32. The molecular weight excluding hydrogens is 81.0 g/mol. The Labute approximate surface area is 24.8 Å². The smallest absolute Gasteiger partial charge is 0.189 e. The molecule has 0 aliphatic heterocycles. The maximum atomic E-state index is 10.4. The fourth-order valence-corrected chi connectivity index (χ4v) is 0. The van der Waals surface area contributed by atoms with E-state index in [2.05, 4.69) is 0 Å². The zero-order chi connectivity index (χ0) is 3.58. The van der Waals surface area contributed by atoms with Crippen molar-refractivity contribution in [2.75, 3.05) is 6.66 Å². The average Bonchev–Trinajstić information content (AvgIpc) is 0.811. The zero-order valence-corrected chi connectivity index (χ0v) is 3.10. The second kappa shape index (κ2) is 1.59. The highest BCUT2D eigenvalue weighted by atomic mass is 31.2. The Balaban J connectivity index is 2.32. The highest BCUT2D eigenvalue weighted by Gasteiger charge is 1.82. The molecule has 0 unspecified atom stereocenters. The minimum Gasteiger partial charge on any atom is -0.189 e. The van der Waals surface area contributed by atoms with Gasteiger partial charge in [-0.3, -0.25) is 0 Å². The van der Waals surface area contributed by atoms with E-state index in [1.165, 1.54) is 0 Å². The number of halogens is 2. The molecule has 0 bridgehead atoms. The summed E-state index contributed by atoms with van der Waals surface area (Å²) >= 11 is 0. The molecule has 26 valence electrons. The van der Waals surface area contributed by atoms with Crippen molar-refractivity contribution in [2.45, 2.75) is 0 Å². The fraction of sp³-hybridized carbons (Fsp3) is 1.00. The quantitative estimate of drug-likeness (QED) is 0.393. The summed E-state index contributed by atoms with van der Waals surface area (Å²) < 4.78 is 20.8. The molecule has 0 aromatic heterocycles. The third kappa shape index (κ3) is 45.3. The second-order valence-electron chi connectivity index (χ2n) is 0.402. The van der Waals surface area contributed by atoms with Gasteiger partial charge in [0.15, 0.2) is 0 Å². The SMILES string of the molecule is CP(F)F. The zero-order valence-electron chi connectivity index (χ0n) is 2.20. The van der Waals surface area contributed by atoms with Crippen LogP contribution in [0.2, 0.25) is 0 Å². The largest absolute Gasteiger partial charge is 0.263 e. The summed E-state index contributed by atoms with van der Waals surface area (Å²) in [4.78, 5) is 0. The first-order valence-corrected chi connectivity index (χ1v) is 2.36. The molecule has 0 nitrogen and oxygen atoms in total. The topological polar surface area (TPSA) is 0 Å². The van der Waals surface area contributed by atoms with Crippen molar-refractivity contribution < 1.29 is 8.39 Å². The molecule has 0 spiro atoms. The lowest BCUT2D eigenvalue weighted by Gasteiger charge is -1.67. The molecule has 4 heavy (non-hydrogen) atoms. The van der Waals surface area contributed by atoms with Gasteiger partial charge in [-0.25, -0.2) is 0 Å².